The molecule has 0 aromatic heterocycles. The molecule has 234 valence electrons. The fourth-order valence-electron chi connectivity index (χ4n) is 12.6. The van der Waals surface area contributed by atoms with E-state index in [1.165, 1.54) is 45.2 Å². The number of fused-ring (bicyclic) bond motifs is 2. The highest BCUT2D eigenvalue weighted by molar-refractivity contribution is 5.90. The van der Waals surface area contributed by atoms with E-state index in [0.717, 1.165) is 69.6 Å². The third-order valence-corrected chi connectivity index (χ3v) is 14.4. The van der Waals surface area contributed by atoms with E-state index in [0.29, 0.717) is 24.2 Å². The number of carbonyl (C=O) groups is 2. The van der Waals surface area contributed by atoms with E-state index in [4.69, 9.17) is 4.74 Å². The first-order chi connectivity index (χ1) is 20.2. The van der Waals surface area contributed by atoms with Gasteiger partial charge in [-0.05, 0) is 113 Å². The monoisotopic (exact) mass is 580 g/mol. The molecule has 0 spiro atoms. The van der Waals surface area contributed by atoms with Crippen LogP contribution in [0, 0.1) is 51.8 Å². The Morgan fingerprint density at radius 2 is 1.83 bits per heavy atom. The molecule has 3 heterocycles. The Bertz CT molecular complexity index is 1090. The molecule has 7 unspecified atom stereocenters. The number of hydrogen-bond donors (Lipinski definition) is 1. The van der Waals surface area contributed by atoms with E-state index in [1.807, 2.05) is 0 Å². The van der Waals surface area contributed by atoms with E-state index in [1.54, 1.807) is 0 Å². The highest BCUT2D eigenvalue weighted by Crippen LogP contribution is 2.84. The van der Waals surface area contributed by atoms with Gasteiger partial charge >= 0.3 is 5.97 Å². The van der Waals surface area contributed by atoms with Crippen LogP contribution in [0.15, 0.2) is 11.6 Å². The first kappa shape index (κ1) is 29.5. The number of hydrogen-bond acceptors (Lipinski definition) is 5. The van der Waals surface area contributed by atoms with Gasteiger partial charge in [0.25, 0.3) is 0 Å². The lowest BCUT2D eigenvalue weighted by atomic mass is 9.41. The summed E-state index contributed by atoms with van der Waals surface area (Å²) < 4.78 is 7.26. The van der Waals surface area contributed by atoms with Crippen LogP contribution >= 0.6 is 0 Å². The smallest absolute Gasteiger partial charge is 0.315 e. The van der Waals surface area contributed by atoms with Crippen LogP contribution in [0.1, 0.15) is 98.3 Å². The average Bonchev–Trinajstić information content (AvgIpc) is 3.71. The Kier molecular flexibility index (Phi) is 7.50. The number of nitrogens with zero attached hydrogens (tertiary/aromatic N) is 2. The number of rotatable bonds is 8. The highest BCUT2D eigenvalue weighted by atomic mass is 16.5. The Hall–Kier alpha value is -1.24. The predicted molar refractivity (Wildman–Crippen MR) is 164 cm³/mol. The number of carboxylic acid groups (broad SMARTS) is 1. The molecule has 3 aliphatic heterocycles. The van der Waals surface area contributed by atoms with Gasteiger partial charge < -0.3 is 24.4 Å². The number of carboxylic acids is 1. The molecule has 0 radical (unpaired) electrons. The second kappa shape index (κ2) is 10.7. The first-order valence-electron chi connectivity index (χ1n) is 17.8. The second-order valence-electron chi connectivity index (χ2n) is 16.1. The Morgan fingerprint density at radius 3 is 2.48 bits per heavy atom. The summed E-state index contributed by atoms with van der Waals surface area (Å²) in [6.45, 7) is 14.8. The van der Waals surface area contributed by atoms with Crippen molar-refractivity contribution in [2.75, 3.05) is 32.7 Å². The molecule has 6 fully saturated rings. The summed E-state index contributed by atoms with van der Waals surface area (Å²) in [6, 6.07) is 0.741. The van der Waals surface area contributed by atoms with Crippen molar-refractivity contribution in [3.63, 3.8) is 0 Å². The Labute approximate surface area is 254 Å². The standard InChI is InChI=1S/C36H56N2O4/c1-5-25-17-32(42-31(25)21-37-15-11-27(12-16-37)38-13-7-6-8-14-38)35-20-28-24(4)9-10-29(28)34(22-39)19-26(35)18-30(23(2)3)36(34,35)33(40)41/h18,22-29,31-32H,5-17,19-21H2,1-4H3,(H,40,41)/t24-,25?,26?,28-,29-,31?,32?,34?,35?,36?/m1/s1. The zero-order valence-electron chi connectivity index (χ0n) is 26.7. The van der Waals surface area contributed by atoms with Gasteiger partial charge in [0.05, 0.1) is 17.6 Å². The molecule has 4 bridgehead atoms. The maximum Gasteiger partial charge on any atom is 0.315 e. The van der Waals surface area contributed by atoms with E-state index < -0.39 is 22.2 Å². The van der Waals surface area contributed by atoms with Gasteiger partial charge in [0.2, 0.25) is 0 Å². The lowest BCUT2D eigenvalue weighted by molar-refractivity contribution is -0.197. The number of aliphatic carboxylic acids is 1. The van der Waals surface area contributed by atoms with Crippen molar-refractivity contribution in [1.82, 2.24) is 9.80 Å². The van der Waals surface area contributed by atoms with Crippen molar-refractivity contribution in [1.29, 1.82) is 0 Å². The molecule has 0 aromatic carbocycles. The average molecular weight is 581 g/mol. The summed E-state index contributed by atoms with van der Waals surface area (Å²) in [5.41, 5.74) is -1.40. The lowest BCUT2D eigenvalue weighted by Gasteiger charge is -2.60. The number of aldehydes is 1. The molecular weight excluding hydrogens is 524 g/mol. The Morgan fingerprint density at radius 1 is 1.10 bits per heavy atom. The third-order valence-electron chi connectivity index (χ3n) is 14.4. The van der Waals surface area contributed by atoms with Gasteiger partial charge in [0, 0.05) is 18.0 Å². The molecule has 0 aromatic rings. The summed E-state index contributed by atoms with van der Waals surface area (Å²) in [5.74, 6) is 1.08. The maximum atomic E-state index is 13.9. The lowest BCUT2D eigenvalue weighted by Crippen LogP contribution is -2.65. The van der Waals surface area contributed by atoms with Gasteiger partial charge in [-0.25, -0.2) is 0 Å². The predicted octanol–water partition coefficient (Wildman–Crippen LogP) is 6.05. The molecule has 7 rings (SSSR count). The van der Waals surface area contributed by atoms with Crippen LogP contribution in [0.3, 0.4) is 0 Å². The largest absolute Gasteiger partial charge is 0.481 e. The molecule has 3 saturated carbocycles. The number of likely N-dealkylation sites (tertiary alicyclic amines) is 2. The van der Waals surface area contributed by atoms with Crippen molar-refractivity contribution in [2.24, 2.45) is 51.8 Å². The molecule has 3 saturated heterocycles. The van der Waals surface area contributed by atoms with E-state index in [-0.39, 0.29) is 30.0 Å². The second-order valence-corrected chi connectivity index (χ2v) is 16.1. The molecule has 10 atom stereocenters. The fourth-order valence-corrected chi connectivity index (χ4v) is 12.6. The van der Waals surface area contributed by atoms with Crippen LogP contribution in [0.4, 0.5) is 0 Å². The van der Waals surface area contributed by atoms with Crippen molar-refractivity contribution >= 4 is 12.3 Å². The minimum atomic E-state index is -1.13. The molecule has 0 amide bonds. The minimum Gasteiger partial charge on any atom is -0.481 e. The van der Waals surface area contributed by atoms with E-state index >= 15 is 0 Å². The first-order valence-corrected chi connectivity index (χ1v) is 17.8. The van der Waals surface area contributed by atoms with Crippen LogP contribution in [0.5, 0.6) is 0 Å². The van der Waals surface area contributed by atoms with Gasteiger partial charge in [-0.15, -0.1) is 0 Å². The van der Waals surface area contributed by atoms with E-state index in [2.05, 4.69) is 43.6 Å². The van der Waals surface area contributed by atoms with Gasteiger partial charge in [-0.2, -0.15) is 0 Å². The summed E-state index contributed by atoms with van der Waals surface area (Å²) in [5, 5.41) is 11.4. The Balaban J connectivity index is 1.18. The summed E-state index contributed by atoms with van der Waals surface area (Å²) in [6.07, 6.45) is 15.9. The summed E-state index contributed by atoms with van der Waals surface area (Å²) in [7, 11) is 0. The van der Waals surface area contributed by atoms with Crippen LogP contribution < -0.4 is 0 Å². The molecule has 7 aliphatic rings. The fraction of sp³-hybridized carbons (Fsp3) is 0.889. The van der Waals surface area contributed by atoms with Crippen LogP contribution in [0.2, 0.25) is 0 Å². The zero-order valence-corrected chi connectivity index (χ0v) is 26.7. The van der Waals surface area contributed by atoms with Crippen molar-refractivity contribution in [2.45, 2.75) is 117 Å². The van der Waals surface area contributed by atoms with E-state index in [9.17, 15) is 14.7 Å². The number of carbonyl (C=O) groups excluding carboxylic acids is 1. The SMILES string of the molecule is CCC1CC(C23C[C@@H]4[C@H](C)CC[C@H]4C4(C=O)CC2C=C(C(C)C)C34C(=O)O)OC1CN1CCC(N2CCCCC2)CC1. The van der Waals surface area contributed by atoms with Gasteiger partial charge in [0.1, 0.15) is 11.7 Å². The van der Waals surface area contributed by atoms with Crippen molar-refractivity contribution in [3.05, 3.63) is 11.6 Å². The molecule has 42 heavy (non-hydrogen) atoms. The summed E-state index contributed by atoms with van der Waals surface area (Å²) in [4.78, 5) is 32.8. The van der Waals surface area contributed by atoms with Crippen molar-refractivity contribution < 1.29 is 19.4 Å². The third kappa shape index (κ3) is 3.79. The van der Waals surface area contributed by atoms with Gasteiger partial charge in [-0.1, -0.05) is 58.6 Å². The van der Waals surface area contributed by atoms with Crippen molar-refractivity contribution in [3.8, 4) is 0 Å². The quantitative estimate of drug-likeness (QED) is 0.279. The zero-order chi connectivity index (χ0) is 29.4. The number of allylic oxidation sites excluding steroid dienone is 1. The maximum absolute atomic E-state index is 13.9. The molecule has 1 N–H and O–H groups in total. The minimum absolute atomic E-state index is 0.0949. The molecule has 6 heteroatoms. The number of ether oxygens (including phenoxy) is 1. The summed E-state index contributed by atoms with van der Waals surface area (Å²) >= 11 is 0. The number of piperidine rings is 2. The molecule has 6 nitrogen and oxygen atoms in total. The van der Waals surface area contributed by atoms with Gasteiger partial charge in [-0.3, -0.25) is 4.79 Å². The van der Waals surface area contributed by atoms with Crippen LogP contribution in [-0.2, 0) is 14.3 Å². The molecule has 4 aliphatic carbocycles. The molecular formula is C36H56N2O4. The van der Waals surface area contributed by atoms with Crippen LogP contribution in [-0.4, -0.2) is 78.1 Å². The normalized spacial score (nSPS) is 47.6. The highest BCUT2D eigenvalue weighted by Gasteiger charge is 2.86. The van der Waals surface area contributed by atoms with Gasteiger partial charge in [0.15, 0.2) is 0 Å². The van der Waals surface area contributed by atoms with Crippen LogP contribution in [0.25, 0.3) is 0 Å². The topological polar surface area (TPSA) is 70.1 Å².